The van der Waals surface area contributed by atoms with E-state index in [-0.39, 0.29) is 17.3 Å². The highest BCUT2D eigenvalue weighted by Crippen LogP contribution is 2.30. The zero-order valence-electron chi connectivity index (χ0n) is 19.2. The quantitative estimate of drug-likeness (QED) is 0.249. The molecule has 7 nitrogen and oxygen atoms in total. The molecule has 0 atom stereocenters. The van der Waals surface area contributed by atoms with Crippen molar-refractivity contribution in [3.05, 3.63) is 76.1 Å². The first kappa shape index (κ1) is 23.8. The molecule has 34 heavy (non-hydrogen) atoms. The number of H-pyrrole nitrogens is 1. The van der Waals surface area contributed by atoms with E-state index in [2.05, 4.69) is 15.2 Å². The number of Topliss-reactive ketones (excluding diaryl/α,β-unsaturated/α-hetero) is 2. The molecule has 9 heteroatoms. The number of aromatic amines is 1. The van der Waals surface area contributed by atoms with Crippen molar-refractivity contribution in [3.8, 4) is 22.8 Å². The second kappa shape index (κ2) is 9.87. The normalized spacial score (nSPS) is 11.0. The molecule has 4 aromatic rings. The summed E-state index contributed by atoms with van der Waals surface area (Å²) in [7, 11) is 1.61. The lowest BCUT2D eigenvalue weighted by atomic mass is 10.1. The number of methoxy groups -OCH3 is 1. The van der Waals surface area contributed by atoms with Gasteiger partial charge in [-0.1, -0.05) is 23.4 Å². The molecule has 0 bridgehead atoms. The lowest BCUT2D eigenvalue weighted by Gasteiger charge is -2.11. The van der Waals surface area contributed by atoms with Gasteiger partial charge in [-0.05, 0) is 74.9 Å². The number of aryl methyl sites for hydroxylation is 1. The predicted octanol–water partition coefficient (Wildman–Crippen LogP) is 5.72. The third kappa shape index (κ3) is 4.64. The Labute approximate surface area is 206 Å². The summed E-state index contributed by atoms with van der Waals surface area (Å²) >= 11 is 7.34. The van der Waals surface area contributed by atoms with Crippen LogP contribution >= 0.6 is 23.4 Å². The smallest absolute Gasteiger partial charge is 0.196 e. The Balaban J connectivity index is 1.68. The number of thioether (sulfide) groups is 1. The van der Waals surface area contributed by atoms with Gasteiger partial charge in [0.15, 0.2) is 22.5 Å². The van der Waals surface area contributed by atoms with Crippen LogP contribution in [0.2, 0.25) is 5.02 Å². The van der Waals surface area contributed by atoms with E-state index in [0.717, 1.165) is 17.0 Å². The number of aromatic nitrogens is 4. The van der Waals surface area contributed by atoms with Crippen molar-refractivity contribution in [1.82, 2.24) is 19.7 Å². The Morgan fingerprint density at radius 3 is 2.32 bits per heavy atom. The third-order valence-electron chi connectivity index (χ3n) is 5.47. The average molecular weight is 495 g/mol. The lowest BCUT2D eigenvalue weighted by Crippen LogP contribution is -2.07. The van der Waals surface area contributed by atoms with Crippen molar-refractivity contribution in [2.75, 3.05) is 12.9 Å². The molecule has 174 valence electrons. The zero-order chi connectivity index (χ0) is 24.4. The van der Waals surface area contributed by atoms with E-state index in [1.54, 1.807) is 33.1 Å². The first-order valence-corrected chi connectivity index (χ1v) is 11.9. The molecule has 0 aliphatic rings. The summed E-state index contributed by atoms with van der Waals surface area (Å²) in [4.78, 5) is 28.0. The minimum Gasteiger partial charge on any atom is -0.497 e. The standard InChI is InChI=1S/C25H23ClN4O3S/c1-14-22(16(3)31)15(2)27-23(14)21(32)13-34-25-29-28-24(17-5-7-18(26)8-6-17)30(25)19-9-11-20(33-4)12-10-19/h5-12,27H,13H2,1-4H3. The van der Waals surface area contributed by atoms with Crippen LogP contribution in [0.5, 0.6) is 5.75 Å². The zero-order valence-corrected chi connectivity index (χ0v) is 20.8. The first-order valence-electron chi connectivity index (χ1n) is 10.5. The fourth-order valence-electron chi connectivity index (χ4n) is 3.87. The van der Waals surface area contributed by atoms with Gasteiger partial charge in [0.1, 0.15) is 5.75 Å². The maximum atomic E-state index is 13.0. The van der Waals surface area contributed by atoms with Crippen molar-refractivity contribution in [2.24, 2.45) is 0 Å². The average Bonchev–Trinajstić information content (AvgIpc) is 3.38. The molecule has 4 rings (SSSR count). The Morgan fingerprint density at radius 1 is 1.06 bits per heavy atom. The van der Waals surface area contributed by atoms with Crippen molar-refractivity contribution in [2.45, 2.75) is 25.9 Å². The molecule has 0 saturated heterocycles. The van der Waals surface area contributed by atoms with Gasteiger partial charge in [0, 0.05) is 27.5 Å². The molecule has 0 amide bonds. The number of halogens is 1. The number of ether oxygens (including phenoxy) is 1. The van der Waals surface area contributed by atoms with E-state index in [0.29, 0.717) is 38.5 Å². The van der Waals surface area contributed by atoms with Gasteiger partial charge in [0.25, 0.3) is 0 Å². The molecule has 1 N–H and O–H groups in total. The second-order valence-corrected chi connectivity index (χ2v) is 9.12. The number of hydrogen-bond acceptors (Lipinski definition) is 6. The lowest BCUT2D eigenvalue weighted by molar-refractivity contribution is 0.101. The number of nitrogens with zero attached hydrogens (tertiary/aromatic N) is 3. The topological polar surface area (TPSA) is 89.9 Å². The van der Waals surface area contributed by atoms with E-state index < -0.39 is 0 Å². The molecule has 2 aromatic heterocycles. The van der Waals surface area contributed by atoms with Gasteiger partial charge in [-0.25, -0.2) is 0 Å². The molecular formula is C25H23ClN4O3S. The number of nitrogens with one attached hydrogen (secondary N) is 1. The highest BCUT2D eigenvalue weighted by Gasteiger charge is 2.22. The van der Waals surface area contributed by atoms with Crippen molar-refractivity contribution in [3.63, 3.8) is 0 Å². The summed E-state index contributed by atoms with van der Waals surface area (Å²) in [6.45, 7) is 5.09. The number of benzene rings is 2. The minimum atomic E-state index is -0.115. The number of carbonyl (C=O) groups is 2. The maximum Gasteiger partial charge on any atom is 0.196 e. The van der Waals surface area contributed by atoms with Crippen LogP contribution in [0.25, 0.3) is 17.1 Å². The van der Waals surface area contributed by atoms with Gasteiger partial charge < -0.3 is 9.72 Å². The van der Waals surface area contributed by atoms with Crippen molar-refractivity contribution < 1.29 is 14.3 Å². The predicted molar refractivity (Wildman–Crippen MR) is 134 cm³/mol. The highest BCUT2D eigenvalue weighted by molar-refractivity contribution is 7.99. The minimum absolute atomic E-state index is 0.0650. The molecule has 0 aliphatic carbocycles. The van der Waals surface area contributed by atoms with Gasteiger partial charge in [-0.3, -0.25) is 14.2 Å². The molecule has 2 heterocycles. The number of rotatable bonds is 8. The van der Waals surface area contributed by atoms with E-state index in [4.69, 9.17) is 16.3 Å². The molecule has 0 aliphatic heterocycles. The van der Waals surface area contributed by atoms with Crippen LogP contribution in [0.4, 0.5) is 0 Å². The molecule has 0 radical (unpaired) electrons. The van der Waals surface area contributed by atoms with Crippen LogP contribution in [-0.2, 0) is 0 Å². The largest absolute Gasteiger partial charge is 0.497 e. The molecular weight excluding hydrogens is 472 g/mol. The van der Waals surface area contributed by atoms with E-state index in [1.807, 2.05) is 41.0 Å². The summed E-state index contributed by atoms with van der Waals surface area (Å²) in [5.41, 5.74) is 4.06. The maximum absolute atomic E-state index is 13.0. The highest BCUT2D eigenvalue weighted by atomic mass is 35.5. The number of ketones is 2. The van der Waals surface area contributed by atoms with E-state index >= 15 is 0 Å². The number of hydrogen-bond donors (Lipinski definition) is 1. The first-order chi connectivity index (χ1) is 16.3. The van der Waals surface area contributed by atoms with Gasteiger partial charge in [0.05, 0.1) is 18.6 Å². The fraction of sp³-hybridized carbons (Fsp3) is 0.200. The summed E-state index contributed by atoms with van der Waals surface area (Å²) in [6.07, 6.45) is 0. The van der Waals surface area contributed by atoms with Crippen LogP contribution in [0.3, 0.4) is 0 Å². The van der Waals surface area contributed by atoms with Gasteiger partial charge in [-0.15, -0.1) is 10.2 Å². The van der Waals surface area contributed by atoms with Crippen LogP contribution in [-0.4, -0.2) is 44.2 Å². The van der Waals surface area contributed by atoms with Gasteiger partial charge >= 0.3 is 0 Å². The molecule has 0 fully saturated rings. The molecule has 0 saturated carbocycles. The van der Waals surface area contributed by atoms with E-state index in [9.17, 15) is 9.59 Å². The number of carbonyl (C=O) groups excluding carboxylic acids is 2. The molecule has 2 aromatic carbocycles. The summed E-state index contributed by atoms with van der Waals surface area (Å²) in [5, 5.41) is 9.96. The Kier molecular flexibility index (Phi) is 6.90. The van der Waals surface area contributed by atoms with E-state index in [1.165, 1.54) is 18.7 Å². The second-order valence-electron chi connectivity index (χ2n) is 7.74. The third-order valence-corrected chi connectivity index (χ3v) is 6.65. The Hall–Kier alpha value is -3.36. The SMILES string of the molecule is COc1ccc(-n2c(SCC(=O)c3[nH]c(C)c(C(C)=O)c3C)nnc2-c2ccc(Cl)cc2)cc1. The molecule has 0 spiro atoms. The van der Waals surface area contributed by atoms with Gasteiger partial charge in [0.2, 0.25) is 0 Å². The monoisotopic (exact) mass is 494 g/mol. The van der Waals surface area contributed by atoms with Crippen LogP contribution in [0.15, 0.2) is 53.7 Å². The van der Waals surface area contributed by atoms with Crippen molar-refractivity contribution in [1.29, 1.82) is 0 Å². The van der Waals surface area contributed by atoms with Crippen LogP contribution in [0.1, 0.15) is 39.0 Å². The summed E-state index contributed by atoms with van der Waals surface area (Å²) in [5.74, 6) is 1.31. The van der Waals surface area contributed by atoms with Crippen LogP contribution in [0, 0.1) is 13.8 Å². The van der Waals surface area contributed by atoms with Gasteiger partial charge in [-0.2, -0.15) is 0 Å². The summed E-state index contributed by atoms with van der Waals surface area (Å²) in [6, 6.07) is 14.9. The fourth-order valence-corrected chi connectivity index (χ4v) is 4.82. The Morgan fingerprint density at radius 2 is 1.74 bits per heavy atom. The van der Waals surface area contributed by atoms with Crippen LogP contribution < -0.4 is 4.74 Å². The summed E-state index contributed by atoms with van der Waals surface area (Å²) < 4.78 is 7.18. The van der Waals surface area contributed by atoms with Crippen molar-refractivity contribution >= 4 is 34.9 Å². The Bertz CT molecular complexity index is 1360. The molecule has 0 unspecified atom stereocenters.